The summed E-state index contributed by atoms with van der Waals surface area (Å²) in [5, 5.41) is 12.6. The van der Waals surface area contributed by atoms with Gasteiger partial charge in [0.2, 0.25) is 0 Å². The minimum Gasteiger partial charge on any atom is -0.354 e. The monoisotopic (exact) mass is 253 g/mol. The Hall–Kier alpha value is -2.54. The van der Waals surface area contributed by atoms with Crippen LogP contribution in [0, 0.1) is 18.3 Å². The van der Waals surface area contributed by atoms with Crippen LogP contribution < -0.4 is 5.32 Å². The van der Waals surface area contributed by atoms with Gasteiger partial charge in [-0.1, -0.05) is 18.2 Å². The number of carbonyl (C=O) groups excluding carboxylic acids is 1. The number of rotatable bonds is 2. The number of fused-ring (bicyclic) bond motifs is 1. The quantitative estimate of drug-likeness (QED) is 0.658. The van der Waals surface area contributed by atoms with E-state index in [0.717, 1.165) is 22.2 Å². The molecule has 1 amide bonds. The lowest BCUT2D eigenvalue weighted by Gasteiger charge is -1.99. The number of hydrogen-bond acceptors (Lipinski definition) is 2. The van der Waals surface area contributed by atoms with Crippen LogP contribution >= 0.6 is 0 Å². The van der Waals surface area contributed by atoms with Crippen LogP contribution in [0.25, 0.3) is 17.0 Å². The zero-order chi connectivity index (χ0) is 14.0. The van der Waals surface area contributed by atoms with Gasteiger partial charge in [0, 0.05) is 36.3 Å². The average Bonchev–Trinajstić information content (AvgIpc) is 2.68. The Balaban J connectivity index is 2.70. The lowest BCUT2D eigenvalue weighted by atomic mass is 10.1. The summed E-state index contributed by atoms with van der Waals surface area (Å²) in [6.45, 7) is 1.98. The van der Waals surface area contributed by atoms with E-state index in [9.17, 15) is 4.79 Å². The number of amides is 1. The molecular weight excluding hydrogens is 238 g/mol. The molecule has 2 aromatic rings. The Kier molecular flexibility index (Phi) is 3.39. The smallest absolute Gasteiger partial charge is 0.261 e. The third-order valence-electron chi connectivity index (χ3n) is 3.33. The molecule has 0 bridgehead atoms. The van der Waals surface area contributed by atoms with Gasteiger partial charge < -0.3 is 9.88 Å². The third kappa shape index (κ3) is 2.11. The molecule has 19 heavy (non-hydrogen) atoms. The van der Waals surface area contributed by atoms with Gasteiger partial charge >= 0.3 is 0 Å². The molecule has 96 valence electrons. The van der Waals surface area contributed by atoms with Crippen molar-refractivity contribution >= 4 is 22.9 Å². The van der Waals surface area contributed by atoms with Crippen molar-refractivity contribution in [2.24, 2.45) is 7.05 Å². The van der Waals surface area contributed by atoms with Gasteiger partial charge in [-0.2, -0.15) is 5.26 Å². The second-order valence-electron chi connectivity index (χ2n) is 4.32. The molecule has 0 saturated heterocycles. The lowest BCUT2D eigenvalue weighted by Crippen LogP contribution is -2.19. The van der Waals surface area contributed by atoms with Crippen molar-refractivity contribution in [2.45, 2.75) is 6.92 Å². The number of para-hydroxylation sites is 1. The van der Waals surface area contributed by atoms with E-state index in [4.69, 9.17) is 5.26 Å². The first-order valence-electron chi connectivity index (χ1n) is 5.98. The van der Waals surface area contributed by atoms with E-state index in [1.54, 1.807) is 6.08 Å². The standard InChI is InChI=1S/C15H15N3O/c1-10-13(8-11(9-16)15(19)17-2)12-6-4-5-7-14(12)18(10)3/h4-8H,1-3H3,(H,17,19)/b11-8+. The summed E-state index contributed by atoms with van der Waals surface area (Å²) in [6, 6.07) is 9.88. The van der Waals surface area contributed by atoms with Crippen LogP contribution in [0.15, 0.2) is 29.8 Å². The molecule has 0 radical (unpaired) electrons. The van der Waals surface area contributed by atoms with E-state index in [-0.39, 0.29) is 11.5 Å². The molecule has 0 aliphatic rings. The van der Waals surface area contributed by atoms with Gasteiger partial charge in [-0.15, -0.1) is 0 Å². The number of hydrogen-bond donors (Lipinski definition) is 1. The minimum absolute atomic E-state index is 0.113. The molecule has 1 aromatic carbocycles. The highest BCUT2D eigenvalue weighted by atomic mass is 16.1. The first kappa shape index (κ1) is 12.9. The van der Waals surface area contributed by atoms with E-state index in [0.29, 0.717) is 0 Å². The minimum atomic E-state index is -0.366. The maximum absolute atomic E-state index is 11.6. The summed E-state index contributed by atoms with van der Waals surface area (Å²) in [6.07, 6.45) is 1.65. The summed E-state index contributed by atoms with van der Waals surface area (Å²) in [7, 11) is 3.49. The number of nitrogens with zero attached hydrogens (tertiary/aromatic N) is 2. The van der Waals surface area contributed by atoms with Crippen LogP contribution in [0.3, 0.4) is 0 Å². The molecule has 1 aromatic heterocycles. The van der Waals surface area contributed by atoms with Crippen LogP contribution in [0.5, 0.6) is 0 Å². The van der Waals surface area contributed by atoms with E-state index in [1.165, 1.54) is 7.05 Å². The number of benzene rings is 1. The second-order valence-corrected chi connectivity index (χ2v) is 4.32. The topological polar surface area (TPSA) is 57.8 Å². The van der Waals surface area contributed by atoms with Crippen molar-refractivity contribution < 1.29 is 4.79 Å². The molecule has 0 fully saturated rings. The van der Waals surface area contributed by atoms with Crippen molar-refractivity contribution in [1.82, 2.24) is 9.88 Å². The van der Waals surface area contributed by atoms with Crippen LogP contribution in [0.1, 0.15) is 11.3 Å². The number of aryl methyl sites for hydroxylation is 1. The van der Waals surface area contributed by atoms with Crippen LogP contribution in [0.2, 0.25) is 0 Å². The van der Waals surface area contributed by atoms with Crippen molar-refractivity contribution in [3.8, 4) is 6.07 Å². The SMILES string of the molecule is CNC(=O)/C(C#N)=C/c1c(C)n(C)c2ccccc12. The molecule has 0 unspecified atom stereocenters. The maximum atomic E-state index is 11.6. The van der Waals surface area contributed by atoms with Crippen molar-refractivity contribution in [1.29, 1.82) is 5.26 Å². The van der Waals surface area contributed by atoms with Gasteiger partial charge in [0.15, 0.2) is 0 Å². The Labute approximate surface area is 112 Å². The van der Waals surface area contributed by atoms with Gasteiger partial charge in [-0.25, -0.2) is 0 Å². The molecule has 0 saturated carbocycles. The van der Waals surface area contributed by atoms with E-state index >= 15 is 0 Å². The Morgan fingerprint density at radius 2 is 2.11 bits per heavy atom. The Bertz CT molecular complexity index is 717. The fourth-order valence-corrected chi connectivity index (χ4v) is 2.16. The fraction of sp³-hybridized carbons (Fsp3) is 0.200. The van der Waals surface area contributed by atoms with Gasteiger partial charge in [0.05, 0.1) is 0 Å². The maximum Gasteiger partial charge on any atom is 0.261 e. The van der Waals surface area contributed by atoms with Gasteiger partial charge in [0.25, 0.3) is 5.91 Å². The number of likely N-dealkylation sites (N-methyl/N-ethyl adjacent to an activating group) is 1. The molecule has 1 heterocycles. The van der Waals surface area contributed by atoms with Crippen LogP contribution in [-0.4, -0.2) is 17.5 Å². The fourth-order valence-electron chi connectivity index (χ4n) is 2.16. The van der Waals surface area contributed by atoms with Gasteiger partial charge in [-0.3, -0.25) is 4.79 Å². The van der Waals surface area contributed by atoms with Crippen molar-refractivity contribution in [3.63, 3.8) is 0 Å². The summed E-state index contributed by atoms with van der Waals surface area (Å²) >= 11 is 0. The normalized spacial score (nSPS) is 11.4. The van der Waals surface area contributed by atoms with E-state index in [1.807, 2.05) is 44.3 Å². The first-order chi connectivity index (χ1) is 9.10. The number of nitriles is 1. The number of aromatic nitrogens is 1. The number of carbonyl (C=O) groups is 1. The van der Waals surface area contributed by atoms with Gasteiger partial charge in [-0.05, 0) is 19.1 Å². The second kappa shape index (κ2) is 4.99. The summed E-state index contributed by atoms with van der Waals surface area (Å²) in [5.74, 6) is -0.366. The molecule has 1 N–H and O–H groups in total. The lowest BCUT2D eigenvalue weighted by molar-refractivity contribution is -0.116. The van der Waals surface area contributed by atoms with Crippen molar-refractivity contribution in [2.75, 3.05) is 7.05 Å². The largest absolute Gasteiger partial charge is 0.354 e. The Morgan fingerprint density at radius 1 is 1.42 bits per heavy atom. The molecular formula is C15H15N3O. The van der Waals surface area contributed by atoms with Gasteiger partial charge in [0.1, 0.15) is 11.6 Å². The van der Waals surface area contributed by atoms with E-state index in [2.05, 4.69) is 9.88 Å². The molecule has 0 spiro atoms. The third-order valence-corrected chi connectivity index (χ3v) is 3.33. The zero-order valence-electron chi connectivity index (χ0n) is 11.2. The molecule has 2 rings (SSSR count). The highest BCUT2D eigenvalue weighted by Gasteiger charge is 2.13. The van der Waals surface area contributed by atoms with E-state index < -0.39 is 0 Å². The van der Waals surface area contributed by atoms with Crippen molar-refractivity contribution in [3.05, 3.63) is 41.1 Å². The Morgan fingerprint density at radius 3 is 2.74 bits per heavy atom. The van der Waals surface area contributed by atoms with Crippen LogP contribution in [0.4, 0.5) is 0 Å². The first-order valence-corrected chi connectivity index (χ1v) is 5.98. The zero-order valence-corrected chi connectivity index (χ0v) is 11.2. The van der Waals surface area contributed by atoms with Crippen LogP contribution in [-0.2, 0) is 11.8 Å². The molecule has 4 nitrogen and oxygen atoms in total. The predicted molar refractivity (Wildman–Crippen MR) is 75.3 cm³/mol. The average molecular weight is 253 g/mol. The summed E-state index contributed by atoms with van der Waals surface area (Å²) < 4.78 is 2.06. The highest BCUT2D eigenvalue weighted by Crippen LogP contribution is 2.26. The molecule has 4 heteroatoms. The molecule has 0 aliphatic carbocycles. The summed E-state index contributed by atoms with van der Waals surface area (Å²) in [4.78, 5) is 11.6. The predicted octanol–water partition coefficient (Wildman–Crippen LogP) is 2.14. The molecule has 0 atom stereocenters. The highest BCUT2D eigenvalue weighted by molar-refractivity contribution is 6.04. The molecule has 0 aliphatic heterocycles. The number of nitrogens with one attached hydrogen (secondary N) is 1. The summed E-state index contributed by atoms with van der Waals surface area (Å²) in [5.41, 5.74) is 3.14.